The number of hydrogen-bond acceptors (Lipinski definition) is 1. The highest BCUT2D eigenvalue weighted by atomic mass is 14.9. The Labute approximate surface area is 91.9 Å². The first-order valence-electron chi connectivity index (χ1n) is 5.53. The maximum absolute atomic E-state index is 3.49. The summed E-state index contributed by atoms with van der Waals surface area (Å²) >= 11 is 0. The lowest BCUT2D eigenvalue weighted by atomic mass is 10.1. The Balaban J connectivity index is 2.12. The Bertz CT molecular complexity index is 409. The fourth-order valence-electron chi connectivity index (χ4n) is 2.20. The van der Waals surface area contributed by atoms with Gasteiger partial charge >= 0.3 is 0 Å². The summed E-state index contributed by atoms with van der Waals surface area (Å²) in [5, 5.41) is 3.49. The highest BCUT2D eigenvalue weighted by Gasteiger charge is 2.21. The second-order valence-corrected chi connectivity index (χ2v) is 4.10. The van der Waals surface area contributed by atoms with Crippen molar-refractivity contribution in [3.63, 3.8) is 0 Å². The highest BCUT2D eigenvalue weighted by Crippen LogP contribution is 2.31. The number of nitrogens with one attached hydrogen (secondary N) is 1. The number of hydrogen-bond donors (Lipinski definition) is 1. The van der Waals surface area contributed by atoms with E-state index >= 15 is 0 Å². The van der Waals surface area contributed by atoms with Gasteiger partial charge in [0.1, 0.15) is 0 Å². The number of rotatable bonds is 2. The minimum absolute atomic E-state index is 0.515. The largest absolute Gasteiger partial charge is 0.299 e. The Morgan fingerprint density at radius 3 is 3.13 bits per heavy atom. The van der Waals surface area contributed by atoms with Crippen molar-refractivity contribution in [1.82, 2.24) is 5.32 Å². The highest BCUT2D eigenvalue weighted by molar-refractivity contribution is 5.37. The average molecular weight is 199 g/mol. The molecule has 0 amide bonds. The van der Waals surface area contributed by atoms with E-state index in [4.69, 9.17) is 0 Å². The molecule has 78 valence electrons. The molecule has 0 spiro atoms. The summed E-state index contributed by atoms with van der Waals surface area (Å²) in [5.74, 6) is 5.97. The second-order valence-electron chi connectivity index (χ2n) is 4.10. The first-order chi connectivity index (χ1) is 7.31. The van der Waals surface area contributed by atoms with E-state index in [-0.39, 0.29) is 0 Å². The molecule has 1 heteroatoms. The molecule has 1 N–H and O–H groups in total. The van der Waals surface area contributed by atoms with Gasteiger partial charge in [-0.2, -0.15) is 0 Å². The Morgan fingerprint density at radius 2 is 2.33 bits per heavy atom. The van der Waals surface area contributed by atoms with Crippen LogP contribution in [0.5, 0.6) is 0 Å². The molecule has 1 nitrogen and oxygen atoms in total. The van der Waals surface area contributed by atoms with Crippen molar-refractivity contribution < 1.29 is 0 Å². The summed E-state index contributed by atoms with van der Waals surface area (Å²) in [4.78, 5) is 0. The second kappa shape index (κ2) is 4.51. The van der Waals surface area contributed by atoms with Crippen LogP contribution in [0.25, 0.3) is 0 Å². The van der Waals surface area contributed by atoms with Crippen molar-refractivity contribution in [3.05, 3.63) is 34.9 Å². The van der Waals surface area contributed by atoms with Crippen molar-refractivity contribution in [2.24, 2.45) is 0 Å². The van der Waals surface area contributed by atoms with Crippen LogP contribution in [0.1, 0.15) is 36.1 Å². The number of aryl methyl sites for hydroxylation is 2. The van der Waals surface area contributed by atoms with E-state index in [2.05, 4.69) is 42.3 Å². The molecule has 1 atom stereocenters. The normalized spacial score (nSPS) is 18.1. The molecule has 0 radical (unpaired) electrons. The molecule has 1 aromatic carbocycles. The average Bonchev–Trinajstić information content (AvgIpc) is 2.62. The van der Waals surface area contributed by atoms with E-state index in [0.717, 1.165) is 6.54 Å². The lowest BCUT2D eigenvalue weighted by Gasteiger charge is -2.12. The molecular formula is C14H17N. The van der Waals surface area contributed by atoms with Crippen molar-refractivity contribution in [2.45, 2.75) is 32.7 Å². The Morgan fingerprint density at radius 1 is 1.47 bits per heavy atom. The van der Waals surface area contributed by atoms with Crippen LogP contribution in [0.3, 0.4) is 0 Å². The molecule has 0 aromatic heterocycles. The SMILES string of the molecule is CC#CCNC1CCc2ccc(C)cc21. The Kier molecular flexibility index (Phi) is 3.08. The molecule has 0 heterocycles. The first kappa shape index (κ1) is 10.3. The summed E-state index contributed by atoms with van der Waals surface area (Å²) < 4.78 is 0. The minimum atomic E-state index is 0.515. The van der Waals surface area contributed by atoms with E-state index in [9.17, 15) is 0 Å². The van der Waals surface area contributed by atoms with Gasteiger partial charge in [-0.3, -0.25) is 5.32 Å². The number of benzene rings is 1. The van der Waals surface area contributed by atoms with Crippen molar-refractivity contribution >= 4 is 0 Å². The van der Waals surface area contributed by atoms with Gasteiger partial charge in [-0.15, -0.1) is 5.92 Å². The standard InChI is InChI=1S/C14H17N/c1-3-4-9-15-14-8-7-12-6-5-11(2)10-13(12)14/h5-6,10,14-15H,7-9H2,1-2H3. The van der Waals surface area contributed by atoms with Gasteiger partial charge in [0.2, 0.25) is 0 Å². The Hall–Kier alpha value is -1.26. The molecule has 1 aliphatic rings. The topological polar surface area (TPSA) is 12.0 Å². The first-order valence-corrected chi connectivity index (χ1v) is 5.53. The van der Waals surface area contributed by atoms with E-state index in [1.54, 1.807) is 0 Å². The van der Waals surface area contributed by atoms with Gasteiger partial charge in [0.15, 0.2) is 0 Å². The predicted octanol–water partition coefficient (Wildman–Crippen LogP) is 2.60. The molecule has 2 rings (SSSR count). The lowest BCUT2D eigenvalue weighted by Crippen LogP contribution is -2.19. The molecule has 1 aliphatic carbocycles. The zero-order valence-electron chi connectivity index (χ0n) is 9.43. The molecule has 0 aliphatic heterocycles. The van der Waals surface area contributed by atoms with E-state index in [1.807, 2.05) is 6.92 Å². The van der Waals surface area contributed by atoms with E-state index in [1.165, 1.54) is 29.5 Å². The van der Waals surface area contributed by atoms with Gasteiger partial charge in [0, 0.05) is 6.04 Å². The molecule has 0 saturated carbocycles. The van der Waals surface area contributed by atoms with Gasteiger partial charge < -0.3 is 0 Å². The van der Waals surface area contributed by atoms with Crippen LogP contribution in [-0.4, -0.2) is 6.54 Å². The molecule has 0 bridgehead atoms. The molecule has 1 unspecified atom stereocenters. The summed E-state index contributed by atoms with van der Waals surface area (Å²) in [6, 6.07) is 7.28. The molecule has 15 heavy (non-hydrogen) atoms. The fraction of sp³-hybridized carbons (Fsp3) is 0.429. The van der Waals surface area contributed by atoms with Crippen molar-refractivity contribution in [2.75, 3.05) is 6.54 Å². The molecule has 1 aromatic rings. The maximum atomic E-state index is 3.49. The minimum Gasteiger partial charge on any atom is -0.299 e. The van der Waals surface area contributed by atoms with Crippen LogP contribution < -0.4 is 5.32 Å². The van der Waals surface area contributed by atoms with Gasteiger partial charge in [0.05, 0.1) is 6.54 Å². The third-order valence-corrected chi connectivity index (χ3v) is 2.99. The van der Waals surface area contributed by atoms with Crippen LogP contribution in [0, 0.1) is 18.8 Å². The lowest BCUT2D eigenvalue weighted by molar-refractivity contribution is 0.568. The molecule has 0 saturated heterocycles. The van der Waals surface area contributed by atoms with Crippen LogP contribution >= 0.6 is 0 Å². The molecule has 0 fully saturated rings. The predicted molar refractivity (Wildman–Crippen MR) is 63.7 cm³/mol. The quantitative estimate of drug-likeness (QED) is 0.722. The van der Waals surface area contributed by atoms with Crippen LogP contribution in [0.2, 0.25) is 0 Å². The summed E-state index contributed by atoms with van der Waals surface area (Å²) in [6.07, 6.45) is 2.41. The zero-order chi connectivity index (χ0) is 10.7. The van der Waals surface area contributed by atoms with Gasteiger partial charge in [-0.1, -0.05) is 29.7 Å². The van der Waals surface area contributed by atoms with E-state index in [0.29, 0.717) is 6.04 Å². The summed E-state index contributed by atoms with van der Waals surface area (Å²) in [5.41, 5.74) is 4.33. The zero-order valence-corrected chi connectivity index (χ0v) is 9.43. The monoisotopic (exact) mass is 199 g/mol. The number of fused-ring (bicyclic) bond motifs is 1. The van der Waals surface area contributed by atoms with Gasteiger partial charge in [0.25, 0.3) is 0 Å². The summed E-state index contributed by atoms with van der Waals surface area (Å²) in [6.45, 7) is 4.84. The smallest absolute Gasteiger partial charge is 0.0581 e. The third kappa shape index (κ3) is 2.22. The van der Waals surface area contributed by atoms with Gasteiger partial charge in [-0.25, -0.2) is 0 Å². The van der Waals surface area contributed by atoms with Crippen molar-refractivity contribution in [1.29, 1.82) is 0 Å². The van der Waals surface area contributed by atoms with Crippen LogP contribution in [0.15, 0.2) is 18.2 Å². The van der Waals surface area contributed by atoms with Crippen molar-refractivity contribution in [3.8, 4) is 11.8 Å². The molecular weight excluding hydrogens is 182 g/mol. The fourth-order valence-corrected chi connectivity index (χ4v) is 2.20. The third-order valence-electron chi connectivity index (χ3n) is 2.99. The summed E-state index contributed by atoms with van der Waals surface area (Å²) in [7, 11) is 0. The van der Waals surface area contributed by atoms with E-state index < -0.39 is 0 Å². The maximum Gasteiger partial charge on any atom is 0.0581 e. The van der Waals surface area contributed by atoms with Crippen LogP contribution in [-0.2, 0) is 6.42 Å². The van der Waals surface area contributed by atoms with Crippen LogP contribution in [0.4, 0.5) is 0 Å². The van der Waals surface area contributed by atoms with Gasteiger partial charge in [-0.05, 0) is 37.8 Å².